The third-order valence-corrected chi connectivity index (χ3v) is 4.24. The normalized spacial score (nSPS) is 10.9. The lowest BCUT2D eigenvalue weighted by atomic mass is 10.1. The monoisotopic (exact) mass is 324 g/mol. The lowest BCUT2D eigenvalue weighted by Gasteiger charge is -2.13. The maximum Gasteiger partial charge on any atom is 0.417 e. The van der Waals surface area contributed by atoms with Gasteiger partial charge in [0.25, 0.3) is 0 Å². The molecule has 0 saturated heterocycles. The molecule has 0 aliphatic heterocycles. The van der Waals surface area contributed by atoms with Crippen molar-refractivity contribution < 1.29 is 13.2 Å². The standard InChI is InChI=1S/C14H7F3N2S2/c1-2-5-21-13-9(8-18)10(14(15,16)17)7-11(19-13)12-4-3-6-20-12/h1,3-4,6-7H,5H2. The van der Waals surface area contributed by atoms with Gasteiger partial charge in [0.2, 0.25) is 0 Å². The van der Waals surface area contributed by atoms with Crippen LogP contribution in [0.25, 0.3) is 10.6 Å². The molecular formula is C14H7F3N2S2. The molecule has 0 bridgehead atoms. The van der Waals surface area contributed by atoms with E-state index in [9.17, 15) is 13.2 Å². The van der Waals surface area contributed by atoms with E-state index in [2.05, 4.69) is 10.9 Å². The summed E-state index contributed by atoms with van der Waals surface area (Å²) in [5.41, 5.74) is -1.28. The quantitative estimate of drug-likeness (QED) is 0.619. The van der Waals surface area contributed by atoms with E-state index in [0.29, 0.717) is 4.88 Å². The molecule has 0 N–H and O–H groups in total. The molecule has 0 saturated carbocycles. The van der Waals surface area contributed by atoms with Gasteiger partial charge in [-0.25, -0.2) is 4.98 Å². The highest BCUT2D eigenvalue weighted by atomic mass is 32.2. The average Bonchev–Trinajstić information content (AvgIpc) is 2.97. The van der Waals surface area contributed by atoms with Crippen LogP contribution in [0.2, 0.25) is 0 Å². The highest BCUT2D eigenvalue weighted by Gasteiger charge is 2.36. The van der Waals surface area contributed by atoms with Gasteiger partial charge in [0.05, 0.1) is 27.5 Å². The number of thioether (sulfide) groups is 1. The first-order valence-corrected chi connectivity index (χ1v) is 7.46. The molecule has 7 heteroatoms. The number of pyridine rings is 1. The van der Waals surface area contributed by atoms with Crippen LogP contribution in [0.5, 0.6) is 0 Å². The van der Waals surface area contributed by atoms with E-state index >= 15 is 0 Å². The second kappa shape index (κ2) is 6.21. The summed E-state index contributed by atoms with van der Waals surface area (Å²) in [6.45, 7) is 0. The molecule has 2 nitrogen and oxygen atoms in total. The molecule has 21 heavy (non-hydrogen) atoms. The summed E-state index contributed by atoms with van der Waals surface area (Å²) >= 11 is 2.23. The number of halogens is 3. The molecule has 2 heterocycles. The molecule has 0 aromatic carbocycles. The second-order valence-electron chi connectivity index (χ2n) is 3.81. The molecule has 2 aromatic rings. The summed E-state index contributed by atoms with van der Waals surface area (Å²) in [4.78, 5) is 4.76. The van der Waals surface area contributed by atoms with Gasteiger partial charge in [-0.05, 0) is 17.5 Å². The van der Waals surface area contributed by atoms with Crippen molar-refractivity contribution in [3.05, 3.63) is 34.7 Å². The lowest BCUT2D eigenvalue weighted by molar-refractivity contribution is -0.138. The van der Waals surface area contributed by atoms with Gasteiger partial charge in [0.15, 0.2) is 0 Å². The van der Waals surface area contributed by atoms with E-state index in [1.807, 2.05) is 0 Å². The zero-order chi connectivity index (χ0) is 15.5. The summed E-state index contributed by atoms with van der Waals surface area (Å²) in [6, 6.07) is 5.89. The fourth-order valence-electron chi connectivity index (χ4n) is 1.62. The minimum Gasteiger partial charge on any atom is -0.239 e. The molecule has 0 spiro atoms. The van der Waals surface area contributed by atoms with Gasteiger partial charge < -0.3 is 0 Å². The third kappa shape index (κ3) is 3.38. The molecule has 2 aromatic heterocycles. The number of rotatable bonds is 3. The van der Waals surface area contributed by atoms with Crippen LogP contribution < -0.4 is 0 Å². The van der Waals surface area contributed by atoms with Crippen molar-refractivity contribution in [3.8, 4) is 29.0 Å². The third-order valence-electron chi connectivity index (χ3n) is 2.47. The van der Waals surface area contributed by atoms with Gasteiger partial charge in [-0.3, -0.25) is 0 Å². The minimum atomic E-state index is -4.62. The lowest BCUT2D eigenvalue weighted by Crippen LogP contribution is -2.10. The van der Waals surface area contributed by atoms with Gasteiger partial charge in [-0.2, -0.15) is 18.4 Å². The van der Waals surface area contributed by atoms with E-state index in [0.717, 1.165) is 17.8 Å². The number of aromatic nitrogens is 1. The summed E-state index contributed by atoms with van der Waals surface area (Å²) in [7, 11) is 0. The Labute approximate surface area is 127 Å². The Morgan fingerprint density at radius 1 is 1.43 bits per heavy atom. The molecule has 2 rings (SSSR count). The fourth-order valence-corrected chi connectivity index (χ4v) is 2.99. The van der Waals surface area contributed by atoms with E-state index < -0.39 is 17.3 Å². The average molecular weight is 324 g/mol. The van der Waals surface area contributed by atoms with E-state index in [1.165, 1.54) is 11.3 Å². The van der Waals surface area contributed by atoms with E-state index in [4.69, 9.17) is 11.7 Å². The molecule has 0 radical (unpaired) electrons. The molecule has 0 atom stereocenters. The van der Waals surface area contributed by atoms with Crippen molar-refractivity contribution in [2.45, 2.75) is 11.2 Å². The van der Waals surface area contributed by atoms with Crippen molar-refractivity contribution in [1.82, 2.24) is 4.98 Å². The minimum absolute atomic E-state index is 0.00803. The summed E-state index contributed by atoms with van der Waals surface area (Å²) in [6.07, 6.45) is 0.503. The van der Waals surface area contributed by atoms with E-state index in [-0.39, 0.29) is 16.5 Å². The highest BCUT2D eigenvalue weighted by molar-refractivity contribution is 7.99. The van der Waals surface area contributed by atoms with Crippen molar-refractivity contribution in [2.75, 3.05) is 5.75 Å². The predicted molar refractivity (Wildman–Crippen MR) is 76.8 cm³/mol. The van der Waals surface area contributed by atoms with Gasteiger partial charge in [0.1, 0.15) is 11.1 Å². The van der Waals surface area contributed by atoms with Gasteiger partial charge in [-0.15, -0.1) is 17.8 Å². The second-order valence-corrected chi connectivity index (χ2v) is 5.73. The molecule has 0 aliphatic rings. The number of terminal acetylenes is 1. The van der Waals surface area contributed by atoms with Crippen LogP contribution in [0, 0.1) is 23.7 Å². The first-order valence-electron chi connectivity index (χ1n) is 5.60. The van der Waals surface area contributed by atoms with Crippen LogP contribution in [0.3, 0.4) is 0 Å². The van der Waals surface area contributed by atoms with Crippen LogP contribution in [0.1, 0.15) is 11.1 Å². The summed E-state index contributed by atoms with van der Waals surface area (Å²) in [5.74, 6) is 2.46. The van der Waals surface area contributed by atoms with Crippen molar-refractivity contribution in [3.63, 3.8) is 0 Å². The maximum atomic E-state index is 13.1. The number of thiophene rings is 1. The molecular weight excluding hydrogens is 317 g/mol. The zero-order valence-corrected chi connectivity index (χ0v) is 12.1. The molecule has 0 fully saturated rings. The van der Waals surface area contributed by atoms with Crippen molar-refractivity contribution in [1.29, 1.82) is 5.26 Å². The fraction of sp³-hybridized carbons (Fsp3) is 0.143. The predicted octanol–water partition coefficient (Wildman–Crippen LogP) is 4.43. The Morgan fingerprint density at radius 2 is 2.19 bits per heavy atom. The largest absolute Gasteiger partial charge is 0.417 e. The zero-order valence-electron chi connectivity index (χ0n) is 10.4. The number of nitriles is 1. The summed E-state index contributed by atoms with van der Waals surface area (Å²) in [5, 5.41) is 10.8. The maximum absolute atomic E-state index is 13.1. The van der Waals surface area contributed by atoms with Gasteiger partial charge in [0, 0.05) is 0 Å². The topological polar surface area (TPSA) is 36.7 Å². The summed E-state index contributed by atoms with van der Waals surface area (Å²) < 4.78 is 39.4. The SMILES string of the molecule is C#CCSc1nc(-c2cccs2)cc(C(F)(F)F)c1C#N. The van der Waals surface area contributed by atoms with Crippen molar-refractivity contribution in [2.24, 2.45) is 0 Å². The van der Waals surface area contributed by atoms with Gasteiger partial charge >= 0.3 is 6.18 Å². The molecule has 0 aliphatic carbocycles. The highest BCUT2D eigenvalue weighted by Crippen LogP contribution is 2.38. The van der Waals surface area contributed by atoms with Crippen LogP contribution in [0.15, 0.2) is 28.6 Å². The number of hydrogen-bond donors (Lipinski definition) is 0. The Kier molecular flexibility index (Phi) is 4.56. The van der Waals surface area contributed by atoms with Gasteiger partial charge in [-0.1, -0.05) is 23.7 Å². The van der Waals surface area contributed by atoms with Crippen molar-refractivity contribution >= 4 is 23.1 Å². The first-order chi connectivity index (χ1) is 9.97. The molecule has 0 amide bonds. The Balaban J connectivity index is 2.66. The number of alkyl halides is 3. The molecule has 0 unspecified atom stereocenters. The Hall–Kier alpha value is -1.96. The number of hydrogen-bond acceptors (Lipinski definition) is 4. The Morgan fingerprint density at radius 3 is 2.71 bits per heavy atom. The van der Waals surface area contributed by atoms with Crippen LogP contribution >= 0.6 is 23.1 Å². The number of nitrogens with zero attached hydrogens (tertiary/aromatic N) is 2. The van der Waals surface area contributed by atoms with E-state index in [1.54, 1.807) is 23.6 Å². The van der Waals surface area contributed by atoms with Crippen LogP contribution in [0.4, 0.5) is 13.2 Å². The van der Waals surface area contributed by atoms with Crippen LogP contribution in [-0.4, -0.2) is 10.7 Å². The Bertz CT molecular complexity index is 722. The molecule has 106 valence electrons. The van der Waals surface area contributed by atoms with Crippen LogP contribution in [-0.2, 0) is 6.18 Å². The smallest absolute Gasteiger partial charge is 0.239 e. The first kappa shape index (κ1) is 15.4.